The number of aromatic nitrogens is 2. The number of hydrogen-bond acceptors (Lipinski definition) is 4. The average molecular weight is 317 g/mol. The molecule has 1 amide bonds. The van der Waals surface area contributed by atoms with Gasteiger partial charge in [0, 0.05) is 31.2 Å². The molecular weight excluding hydrogens is 297 g/mol. The lowest BCUT2D eigenvalue weighted by Gasteiger charge is -2.33. The minimum atomic E-state index is -0.381. The second kappa shape index (κ2) is 5.49. The molecule has 7 heteroatoms. The zero-order valence-electron chi connectivity index (χ0n) is 12.8. The maximum absolute atomic E-state index is 14.5. The number of aromatic amines is 1. The van der Waals surface area contributed by atoms with Crippen LogP contribution < -0.4 is 16.0 Å². The lowest BCUT2D eigenvalue weighted by atomic mass is 10.1. The number of piperidine rings is 1. The van der Waals surface area contributed by atoms with Crippen LogP contribution in [-0.4, -0.2) is 35.0 Å². The third kappa shape index (κ3) is 2.65. The molecule has 0 spiro atoms. The Balaban J connectivity index is 1.76. The molecule has 1 atom stereocenters. The van der Waals surface area contributed by atoms with Gasteiger partial charge in [0.1, 0.15) is 5.65 Å². The van der Waals surface area contributed by atoms with Crippen LogP contribution in [0.25, 0.3) is 11.0 Å². The van der Waals surface area contributed by atoms with Crippen LogP contribution in [-0.2, 0) is 4.79 Å². The Bertz CT molecular complexity index is 754. The summed E-state index contributed by atoms with van der Waals surface area (Å²) in [7, 11) is 0. The van der Waals surface area contributed by atoms with Crippen LogP contribution >= 0.6 is 0 Å². The fourth-order valence-electron chi connectivity index (χ4n) is 3.26. The number of hydrogen-bond donors (Lipinski definition) is 3. The highest BCUT2D eigenvalue weighted by Gasteiger charge is 2.31. The van der Waals surface area contributed by atoms with Crippen LogP contribution in [0.5, 0.6) is 0 Å². The molecule has 0 bridgehead atoms. The average Bonchev–Trinajstić information content (AvgIpc) is 3.31. The first kappa shape index (κ1) is 14.4. The lowest BCUT2D eigenvalue weighted by molar-refractivity contribution is -0.117. The number of nitrogens with one attached hydrogen (secondary N) is 2. The Morgan fingerprint density at radius 3 is 3.00 bits per heavy atom. The molecule has 122 valence electrons. The van der Waals surface area contributed by atoms with Gasteiger partial charge in [0.15, 0.2) is 5.82 Å². The monoisotopic (exact) mass is 317 g/mol. The Morgan fingerprint density at radius 2 is 2.26 bits per heavy atom. The quantitative estimate of drug-likeness (QED) is 0.808. The summed E-state index contributed by atoms with van der Waals surface area (Å²) in [6, 6.07) is 0.0369. The Labute approximate surface area is 133 Å². The lowest BCUT2D eigenvalue weighted by Crippen LogP contribution is -2.43. The molecule has 6 nitrogen and oxygen atoms in total. The molecule has 0 radical (unpaired) electrons. The van der Waals surface area contributed by atoms with Crippen molar-refractivity contribution in [1.82, 2.24) is 9.97 Å². The van der Waals surface area contributed by atoms with Gasteiger partial charge in [0.25, 0.3) is 0 Å². The Hall–Kier alpha value is -2.15. The van der Waals surface area contributed by atoms with E-state index in [-0.39, 0.29) is 23.7 Å². The van der Waals surface area contributed by atoms with Crippen LogP contribution in [0.2, 0.25) is 0 Å². The molecule has 1 saturated heterocycles. The molecule has 23 heavy (non-hydrogen) atoms. The second-order valence-electron chi connectivity index (χ2n) is 6.49. The zero-order chi connectivity index (χ0) is 16.0. The van der Waals surface area contributed by atoms with E-state index >= 15 is 0 Å². The first-order valence-electron chi connectivity index (χ1n) is 8.10. The van der Waals surface area contributed by atoms with Gasteiger partial charge in [-0.2, -0.15) is 0 Å². The highest BCUT2D eigenvalue weighted by molar-refractivity contribution is 6.07. The van der Waals surface area contributed by atoms with E-state index in [0.29, 0.717) is 29.0 Å². The van der Waals surface area contributed by atoms with Crippen molar-refractivity contribution in [3.05, 3.63) is 18.2 Å². The van der Waals surface area contributed by atoms with Gasteiger partial charge in [-0.05, 0) is 25.7 Å². The van der Waals surface area contributed by atoms with Crippen LogP contribution in [0, 0.1) is 11.7 Å². The number of rotatable bonds is 3. The van der Waals surface area contributed by atoms with Crippen molar-refractivity contribution in [1.29, 1.82) is 0 Å². The van der Waals surface area contributed by atoms with E-state index in [2.05, 4.69) is 15.3 Å². The Morgan fingerprint density at radius 1 is 1.43 bits per heavy atom. The number of nitrogens with zero attached hydrogens (tertiary/aromatic N) is 2. The number of halogens is 1. The van der Waals surface area contributed by atoms with E-state index in [9.17, 15) is 9.18 Å². The molecule has 1 saturated carbocycles. The van der Waals surface area contributed by atoms with Crippen molar-refractivity contribution < 1.29 is 9.18 Å². The summed E-state index contributed by atoms with van der Waals surface area (Å²) in [5.74, 6) is -0.294. The van der Waals surface area contributed by atoms with E-state index in [0.717, 1.165) is 32.2 Å². The smallest absolute Gasteiger partial charge is 0.227 e. The number of carbonyl (C=O) groups excluding carboxylic acids is 1. The van der Waals surface area contributed by atoms with E-state index in [1.807, 2.05) is 4.90 Å². The SMILES string of the molecule is NC1CCCN(c2c(F)cnc3[nH]cc(NC(=O)C4CC4)c23)C1. The van der Waals surface area contributed by atoms with Crippen molar-refractivity contribution in [2.75, 3.05) is 23.3 Å². The minimum Gasteiger partial charge on any atom is -0.367 e. The van der Waals surface area contributed by atoms with Crippen LogP contribution in [0.4, 0.5) is 15.8 Å². The molecule has 1 unspecified atom stereocenters. The van der Waals surface area contributed by atoms with Crippen molar-refractivity contribution in [2.45, 2.75) is 31.7 Å². The normalized spacial score (nSPS) is 21.7. The van der Waals surface area contributed by atoms with Crippen LogP contribution in [0.3, 0.4) is 0 Å². The molecular formula is C16H20FN5O. The molecule has 2 aliphatic rings. The molecule has 0 aromatic carbocycles. The molecule has 3 heterocycles. The standard InChI is InChI=1S/C16H20FN5O/c17-11-6-19-15-13(14(11)22-5-1-2-10(18)8-22)12(7-20-15)21-16(23)9-3-4-9/h6-7,9-10H,1-5,8,18H2,(H,19,20)(H,21,23). The van der Waals surface area contributed by atoms with Crippen molar-refractivity contribution in [2.24, 2.45) is 11.7 Å². The first-order chi connectivity index (χ1) is 11.1. The fourth-order valence-corrected chi connectivity index (χ4v) is 3.26. The molecule has 1 aliphatic carbocycles. The number of amides is 1. The summed E-state index contributed by atoms with van der Waals surface area (Å²) < 4.78 is 14.5. The number of anilines is 2. The predicted octanol–water partition coefficient (Wildman–Crippen LogP) is 1.98. The van der Waals surface area contributed by atoms with Gasteiger partial charge in [-0.15, -0.1) is 0 Å². The Kier molecular flexibility index (Phi) is 3.45. The van der Waals surface area contributed by atoms with E-state index in [1.54, 1.807) is 6.20 Å². The van der Waals surface area contributed by atoms with E-state index in [1.165, 1.54) is 6.20 Å². The van der Waals surface area contributed by atoms with Crippen molar-refractivity contribution in [3.8, 4) is 0 Å². The van der Waals surface area contributed by atoms with Crippen LogP contribution in [0.15, 0.2) is 12.4 Å². The summed E-state index contributed by atoms with van der Waals surface area (Å²) in [5, 5.41) is 3.54. The number of carbonyl (C=O) groups is 1. The number of H-pyrrole nitrogens is 1. The van der Waals surface area contributed by atoms with Gasteiger partial charge in [0.05, 0.1) is 23.0 Å². The highest BCUT2D eigenvalue weighted by Crippen LogP contribution is 2.37. The summed E-state index contributed by atoms with van der Waals surface area (Å²) in [6.07, 6.45) is 6.64. The van der Waals surface area contributed by atoms with Gasteiger partial charge >= 0.3 is 0 Å². The topological polar surface area (TPSA) is 87.0 Å². The second-order valence-corrected chi connectivity index (χ2v) is 6.49. The van der Waals surface area contributed by atoms with Gasteiger partial charge in [0.2, 0.25) is 5.91 Å². The van der Waals surface area contributed by atoms with Gasteiger partial charge < -0.3 is 20.9 Å². The van der Waals surface area contributed by atoms with Gasteiger partial charge in [-0.25, -0.2) is 9.37 Å². The third-order valence-electron chi connectivity index (χ3n) is 4.61. The number of fused-ring (bicyclic) bond motifs is 1. The maximum Gasteiger partial charge on any atom is 0.227 e. The molecule has 2 fully saturated rings. The summed E-state index contributed by atoms with van der Waals surface area (Å²) in [5.41, 5.74) is 7.70. The first-order valence-corrected chi connectivity index (χ1v) is 8.10. The molecule has 2 aromatic rings. The van der Waals surface area contributed by atoms with Crippen molar-refractivity contribution >= 4 is 28.3 Å². The molecule has 2 aromatic heterocycles. The number of nitrogens with two attached hydrogens (primary N) is 1. The van der Waals surface area contributed by atoms with E-state index < -0.39 is 0 Å². The summed E-state index contributed by atoms with van der Waals surface area (Å²) >= 11 is 0. The molecule has 4 rings (SSSR count). The minimum absolute atomic E-state index is 0.00328. The van der Waals surface area contributed by atoms with Crippen molar-refractivity contribution in [3.63, 3.8) is 0 Å². The van der Waals surface area contributed by atoms with Crippen LogP contribution in [0.1, 0.15) is 25.7 Å². The third-order valence-corrected chi connectivity index (χ3v) is 4.61. The van der Waals surface area contributed by atoms with E-state index in [4.69, 9.17) is 5.73 Å². The maximum atomic E-state index is 14.5. The zero-order valence-corrected chi connectivity index (χ0v) is 12.8. The molecule has 4 N–H and O–H groups in total. The molecule has 1 aliphatic heterocycles. The van der Waals surface area contributed by atoms with Gasteiger partial charge in [-0.1, -0.05) is 0 Å². The fraction of sp³-hybridized carbons (Fsp3) is 0.500. The number of pyridine rings is 1. The summed E-state index contributed by atoms with van der Waals surface area (Å²) in [6.45, 7) is 1.36. The highest BCUT2D eigenvalue weighted by atomic mass is 19.1. The summed E-state index contributed by atoms with van der Waals surface area (Å²) in [4.78, 5) is 21.2. The van der Waals surface area contributed by atoms with Gasteiger partial charge in [-0.3, -0.25) is 4.79 Å². The predicted molar refractivity (Wildman–Crippen MR) is 86.8 cm³/mol. The largest absolute Gasteiger partial charge is 0.367 e.